The molecule has 1 heterocycles. The fraction of sp³-hybridized carbons (Fsp3) is 0.375. The number of carbonyl (C=O) groups is 1. The molecule has 0 aliphatic heterocycles. The van der Waals surface area contributed by atoms with E-state index in [9.17, 15) is 4.79 Å². The van der Waals surface area contributed by atoms with Gasteiger partial charge in [0, 0.05) is 12.7 Å². The van der Waals surface area contributed by atoms with Crippen molar-refractivity contribution in [1.82, 2.24) is 9.78 Å². The first-order valence-corrected chi connectivity index (χ1v) is 4.63. The van der Waals surface area contributed by atoms with Crippen LogP contribution in [0.25, 0.3) is 0 Å². The zero-order valence-electron chi connectivity index (χ0n) is 7.86. The van der Waals surface area contributed by atoms with Crippen molar-refractivity contribution in [2.24, 2.45) is 5.73 Å². The first-order valence-electron chi connectivity index (χ1n) is 4.22. The van der Waals surface area contributed by atoms with E-state index in [2.05, 4.69) is 22.6 Å². The Balaban J connectivity index is 2.51. The molecule has 14 heavy (non-hydrogen) atoms. The van der Waals surface area contributed by atoms with Crippen molar-refractivity contribution in [2.45, 2.75) is 19.9 Å². The van der Waals surface area contributed by atoms with E-state index >= 15 is 0 Å². The molecule has 0 spiro atoms. The molecular weight excluding hydrogens is 200 g/mol. The topological polar surface area (TPSA) is 72.9 Å². The van der Waals surface area contributed by atoms with Crippen LogP contribution in [0.2, 0.25) is 0 Å². The van der Waals surface area contributed by atoms with E-state index in [1.54, 1.807) is 17.1 Å². The van der Waals surface area contributed by atoms with Crippen molar-refractivity contribution in [3.8, 4) is 0 Å². The predicted molar refractivity (Wildman–Crippen MR) is 57.9 cm³/mol. The molecule has 0 fully saturated rings. The molecule has 1 rings (SSSR count). The van der Waals surface area contributed by atoms with Crippen LogP contribution < -0.4 is 11.1 Å². The molecule has 0 saturated carbocycles. The van der Waals surface area contributed by atoms with E-state index in [1.807, 2.05) is 6.92 Å². The summed E-state index contributed by atoms with van der Waals surface area (Å²) in [5.74, 6) is -0.215. The van der Waals surface area contributed by atoms with Gasteiger partial charge in [-0.3, -0.25) is 9.48 Å². The summed E-state index contributed by atoms with van der Waals surface area (Å²) in [5.41, 5.74) is 5.89. The van der Waals surface area contributed by atoms with Crippen LogP contribution in [0, 0.1) is 0 Å². The van der Waals surface area contributed by atoms with Gasteiger partial charge < -0.3 is 11.1 Å². The number of nitrogens with zero attached hydrogens (tertiary/aromatic N) is 2. The number of rotatable bonds is 4. The van der Waals surface area contributed by atoms with Crippen LogP contribution in [-0.2, 0) is 11.3 Å². The number of thiocarbonyl (C=S) groups is 1. The molecule has 0 aromatic carbocycles. The van der Waals surface area contributed by atoms with Crippen LogP contribution in [0.4, 0.5) is 5.69 Å². The van der Waals surface area contributed by atoms with Crippen LogP contribution in [0.15, 0.2) is 12.4 Å². The SMILES string of the molecule is CCn1cc(NC(=O)CC(N)=S)cn1. The van der Waals surface area contributed by atoms with Crippen molar-refractivity contribution < 1.29 is 4.79 Å². The molecule has 0 radical (unpaired) electrons. The number of aryl methyl sites for hydroxylation is 1. The Morgan fingerprint density at radius 3 is 3.00 bits per heavy atom. The minimum atomic E-state index is -0.215. The molecule has 5 nitrogen and oxygen atoms in total. The molecule has 1 aromatic heterocycles. The summed E-state index contributed by atoms with van der Waals surface area (Å²) in [5, 5.41) is 6.64. The highest BCUT2D eigenvalue weighted by Crippen LogP contribution is 2.04. The fourth-order valence-electron chi connectivity index (χ4n) is 0.964. The Bertz CT molecular complexity index is 347. The van der Waals surface area contributed by atoms with Crippen LogP contribution in [0.1, 0.15) is 13.3 Å². The Morgan fingerprint density at radius 2 is 2.50 bits per heavy atom. The summed E-state index contributed by atoms with van der Waals surface area (Å²) in [7, 11) is 0. The average Bonchev–Trinajstić information content (AvgIpc) is 2.50. The first kappa shape index (κ1) is 10.6. The van der Waals surface area contributed by atoms with E-state index < -0.39 is 0 Å². The number of anilines is 1. The number of carbonyl (C=O) groups excluding carboxylic acids is 1. The van der Waals surface area contributed by atoms with Gasteiger partial charge in [-0.05, 0) is 6.92 Å². The second-order valence-electron chi connectivity index (χ2n) is 2.78. The normalized spacial score (nSPS) is 9.79. The lowest BCUT2D eigenvalue weighted by Crippen LogP contribution is -2.19. The second-order valence-corrected chi connectivity index (χ2v) is 3.30. The predicted octanol–water partition coefficient (Wildman–Crippen LogP) is 0.518. The van der Waals surface area contributed by atoms with Crippen molar-refractivity contribution in [2.75, 3.05) is 5.32 Å². The van der Waals surface area contributed by atoms with Gasteiger partial charge in [-0.1, -0.05) is 12.2 Å². The number of aromatic nitrogens is 2. The maximum Gasteiger partial charge on any atom is 0.231 e. The van der Waals surface area contributed by atoms with Gasteiger partial charge in [-0.2, -0.15) is 5.10 Å². The number of hydrogen-bond donors (Lipinski definition) is 2. The molecular formula is C8H12N4OS. The molecule has 0 bridgehead atoms. The van der Waals surface area contributed by atoms with Gasteiger partial charge in [0.15, 0.2) is 0 Å². The van der Waals surface area contributed by atoms with E-state index in [0.717, 1.165) is 6.54 Å². The third kappa shape index (κ3) is 3.14. The Labute approximate surface area is 87.3 Å². The van der Waals surface area contributed by atoms with Crippen molar-refractivity contribution >= 4 is 28.8 Å². The summed E-state index contributed by atoms with van der Waals surface area (Å²) in [4.78, 5) is 11.4. The summed E-state index contributed by atoms with van der Waals surface area (Å²) < 4.78 is 1.72. The van der Waals surface area contributed by atoms with Gasteiger partial charge in [-0.25, -0.2) is 0 Å². The van der Waals surface area contributed by atoms with Gasteiger partial charge in [0.05, 0.1) is 23.3 Å². The summed E-state index contributed by atoms with van der Waals surface area (Å²) >= 11 is 4.61. The molecule has 1 amide bonds. The second kappa shape index (κ2) is 4.71. The third-order valence-electron chi connectivity index (χ3n) is 1.58. The lowest BCUT2D eigenvalue weighted by atomic mass is 10.4. The molecule has 0 saturated heterocycles. The molecule has 3 N–H and O–H groups in total. The van der Waals surface area contributed by atoms with Crippen molar-refractivity contribution in [3.05, 3.63) is 12.4 Å². The highest BCUT2D eigenvalue weighted by atomic mass is 32.1. The maximum absolute atomic E-state index is 11.2. The average molecular weight is 212 g/mol. The molecule has 0 atom stereocenters. The zero-order valence-corrected chi connectivity index (χ0v) is 8.67. The van der Waals surface area contributed by atoms with Crippen molar-refractivity contribution in [3.63, 3.8) is 0 Å². The van der Waals surface area contributed by atoms with Gasteiger partial charge in [0.2, 0.25) is 5.91 Å². The number of amides is 1. The summed E-state index contributed by atoms with van der Waals surface area (Å²) in [6, 6.07) is 0. The molecule has 1 aromatic rings. The molecule has 6 heteroatoms. The van der Waals surface area contributed by atoms with E-state index in [4.69, 9.17) is 5.73 Å². The quantitative estimate of drug-likeness (QED) is 0.713. The van der Waals surface area contributed by atoms with Crippen LogP contribution in [0.3, 0.4) is 0 Å². The van der Waals surface area contributed by atoms with Crippen molar-refractivity contribution in [1.29, 1.82) is 0 Å². The summed E-state index contributed by atoms with van der Waals surface area (Å²) in [6.07, 6.45) is 3.39. The molecule has 76 valence electrons. The van der Waals surface area contributed by atoms with E-state index in [1.165, 1.54) is 0 Å². The third-order valence-corrected chi connectivity index (χ3v) is 1.72. The minimum absolute atomic E-state index is 0.0621. The fourth-order valence-corrected chi connectivity index (χ4v) is 1.10. The number of nitrogens with one attached hydrogen (secondary N) is 1. The van der Waals surface area contributed by atoms with Gasteiger partial charge in [0.1, 0.15) is 0 Å². The number of hydrogen-bond acceptors (Lipinski definition) is 3. The number of nitrogens with two attached hydrogens (primary N) is 1. The Kier molecular flexibility index (Phi) is 3.58. The lowest BCUT2D eigenvalue weighted by Gasteiger charge is -1.99. The Morgan fingerprint density at radius 1 is 1.79 bits per heavy atom. The highest BCUT2D eigenvalue weighted by molar-refractivity contribution is 7.80. The minimum Gasteiger partial charge on any atom is -0.393 e. The monoisotopic (exact) mass is 212 g/mol. The first-order chi connectivity index (χ1) is 6.61. The summed E-state index contributed by atoms with van der Waals surface area (Å²) in [6.45, 7) is 2.73. The smallest absolute Gasteiger partial charge is 0.231 e. The van der Waals surface area contributed by atoms with Crippen LogP contribution in [0.5, 0.6) is 0 Å². The highest BCUT2D eigenvalue weighted by Gasteiger charge is 2.04. The zero-order chi connectivity index (χ0) is 10.6. The van der Waals surface area contributed by atoms with Crippen LogP contribution in [-0.4, -0.2) is 20.7 Å². The van der Waals surface area contributed by atoms with E-state index in [-0.39, 0.29) is 17.3 Å². The largest absolute Gasteiger partial charge is 0.393 e. The van der Waals surface area contributed by atoms with Crippen LogP contribution >= 0.6 is 12.2 Å². The van der Waals surface area contributed by atoms with E-state index in [0.29, 0.717) is 5.69 Å². The van der Waals surface area contributed by atoms with Gasteiger partial charge in [-0.15, -0.1) is 0 Å². The molecule has 0 aliphatic carbocycles. The van der Waals surface area contributed by atoms with Gasteiger partial charge in [0.25, 0.3) is 0 Å². The standard InChI is InChI=1S/C8H12N4OS/c1-2-12-5-6(4-10-12)11-8(13)3-7(9)14/h4-5H,2-3H2,1H3,(H2,9,14)(H,11,13). The molecule has 0 aliphatic rings. The van der Waals surface area contributed by atoms with Gasteiger partial charge >= 0.3 is 0 Å². The maximum atomic E-state index is 11.2. The lowest BCUT2D eigenvalue weighted by molar-refractivity contribution is -0.115. The molecule has 0 unspecified atom stereocenters. The Hall–Kier alpha value is -1.43.